The third-order valence-electron chi connectivity index (χ3n) is 2.75. The molecule has 1 fully saturated rings. The molecule has 1 saturated heterocycles. The van der Waals surface area contributed by atoms with Gasteiger partial charge in [-0.1, -0.05) is 0 Å². The highest BCUT2D eigenvalue weighted by molar-refractivity contribution is 4.83. The monoisotopic (exact) mass is 190 g/mol. The number of aliphatic hydroxyl groups excluding tert-OH is 1. The summed E-state index contributed by atoms with van der Waals surface area (Å²) in [7, 11) is 0. The van der Waals surface area contributed by atoms with E-state index < -0.39 is 12.8 Å². The molecule has 13 heavy (non-hydrogen) atoms. The van der Waals surface area contributed by atoms with Gasteiger partial charge in [0.25, 0.3) is 0 Å². The number of aliphatic hydroxyl groups is 1. The minimum atomic E-state index is -0.834. The predicted octanol–water partition coefficient (Wildman–Crippen LogP) is -0.0141. The molecule has 3 N–H and O–H groups in total. The number of hydrogen-bond acceptors (Lipinski definition) is 3. The van der Waals surface area contributed by atoms with Gasteiger partial charge >= 0.3 is 0 Å². The van der Waals surface area contributed by atoms with Gasteiger partial charge in [0.1, 0.15) is 6.67 Å². The fourth-order valence-corrected chi connectivity index (χ4v) is 1.96. The Morgan fingerprint density at radius 3 is 2.85 bits per heavy atom. The molecule has 0 amide bonds. The van der Waals surface area contributed by atoms with Crippen LogP contribution in [0, 0.1) is 5.92 Å². The third-order valence-corrected chi connectivity index (χ3v) is 2.75. The molecule has 4 heteroatoms. The summed E-state index contributed by atoms with van der Waals surface area (Å²) in [4.78, 5) is 2.11. The molecule has 1 heterocycles. The number of hydrogen-bond donors (Lipinski definition) is 2. The highest BCUT2D eigenvalue weighted by Crippen LogP contribution is 2.21. The first-order valence-corrected chi connectivity index (χ1v) is 4.85. The predicted molar refractivity (Wildman–Crippen MR) is 50.2 cm³/mol. The Kier molecular flexibility index (Phi) is 4.09. The third kappa shape index (κ3) is 2.90. The number of β-amino-alcohol motifs (C(OH)–C–C–N with tert-alkyl or cyclic N) is 1. The van der Waals surface area contributed by atoms with E-state index in [1.165, 1.54) is 0 Å². The Balaban J connectivity index is 2.34. The lowest BCUT2D eigenvalue weighted by atomic mass is 10.1. The number of alkyl halides is 1. The van der Waals surface area contributed by atoms with E-state index in [-0.39, 0.29) is 0 Å². The molecule has 3 nitrogen and oxygen atoms in total. The summed E-state index contributed by atoms with van der Waals surface area (Å²) in [5, 5.41) is 9.15. The number of nitrogens with two attached hydrogens (primary N) is 1. The molecular formula is C9H19FN2O. The average molecular weight is 190 g/mol. The van der Waals surface area contributed by atoms with Crippen LogP contribution in [0.15, 0.2) is 0 Å². The molecule has 3 atom stereocenters. The molecule has 1 aliphatic heterocycles. The van der Waals surface area contributed by atoms with Crippen LogP contribution in [0.25, 0.3) is 0 Å². The molecule has 0 spiro atoms. The number of halogens is 1. The Labute approximate surface area is 78.7 Å². The molecule has 0 bridgehead atoms. The van der Waals surface area contributed by atoms with Crippen LogP contribution in [0.2, 0.25) is 0 Å². The van der Waals surface area contributed by atoms with Crippen molar-refractivity contribution >= 4 is 0 Å². The van der Waals surface area contributed by atoms with Crippen molar-refractivity contribution in [2.24, 2.45) is 11.7 Å². The largest absolute Gasteiger partial charge is 0.389 e. The average Bonchev–Trinajstić information content (AvgIpc) is 2.47. The van der Waals surface area contributed by atoms with Gasteiger partial charge in [0.15, 0.2) is 0 Å². The van der Waals surface area contributed by atoms with Gasteiger partial charge in [-0.25, -0.2) is 4.39 Å². The van der Waals surface area contributed by atoms with Crippen molar-refractivity contribution in [2.75, 3.05) is 26.3 Å². The molecular weight excluding hydrogens is 171 g/mol. The molecule has 0 aromatic rings. The molecule has 78 valence electrons. The van der Waals surface area contributed by atoms with Crippen LogP contribution in [-0.2, 0) is 0 Å². The van der Waals surface area contributed by atoms with Gasteiger partial charge in [-0.05, 0) is 25.8 Å². The first-order chi connectivity index (χ1) is 6.17. The van der Waals surface area contributed by atoms with Crippen molar-refractivity contribution in [1.82, 2.24) is 4.90 Å². The van der Waals surface area contributed by atoms with Gasteiger partial charge in [0.2, 0.25) is 0 Å². The van der Waals surface area contributed by atoms with Gasteiger partial charge < -0.3 is 10.8 Å². The Morgan fingerprint density at radius 2 is 2.38 bits per heavy atom. The van der Waals surface area contributed by atoms with Crippen LogP contribution in [0.4, 0.5) is 4.39 Å². The number of rotatable bonds is 4. The van der Waals surface area contributed by atoms with Gasteiger partial charge in [0, 0.05) is 19.1 Å². The Morgan fingerprint density at radius 1 is 1.69 bits per heavy atom. The summed E-state index contributed by atoms with van der Waals surface area (Å²) in [5.41, 5.74) is 5.56. The molecule has 0 aliphatic carbocycles. The molecule has 0 aromatic heterocycles. The summed E-state index contributed by atoms with van der Waals surface area (Å²) in [6.07, 6.45) is 0.231. The van der Waals surface area contributed by atoms with Crippen molar-refractivity contribution in [2.45, 2.75) is 25.5 Å². The second-order valence-electron chi connectivity index (χ2n) is 3.95. The summed E-state index contributed by atoms with van der Waals surface area (Å²) < 4.78 is 12.0. The lowest BCUT2D eigenvalue weighted by Gasteiger charge is -2.22. The van der Waals surface area contributed by atoms with E-state index in [2.05, 4.69) is 11.8 Å². The SMILES string of the molecule is CC1CC(CN)CN1CC(O)CF. The zero-order valence-corrected chi connectivity index (χ0v) is 8.12. The quantitative estimate of drug-likeness (QED) is 0.655. The van der Waals surface area contributed by atoms with E-state index in [4.69, 9.17) is 10.8 Å². The first kappa shape index (κ1) is 10.9. The zero-order valence-electron chi connectivity index (χ0n) is 8.12. The topological polar surface area (TPSA) is 49.5 Å². The zero-order chi connectivity index (χ0) is 9.84. The number of nitrogens with zero attached hydrogens (tertiary/aromatic N) is 1. The smallest absolute Gasteiger partial charge is 0.117 e. The summed E-state index contributed by atoms with van der Waals surface area (Å²) in [5.74, 6) is 0.516. The fourth-order valence-electron chi connectivity index (χ4n) is 1.96. The maximum absolute atomic E-state index is 12.0. The van der Waals surface area contributed by atoms with Crippen LogP contribution in [0.5, 0.6) is 0 Å². The van der Waals surface area contributed by atoms with E-state index in [0.717, 1.165) is 13.0 Å². The van der Waals surface area contributed by atoms with Crippen molar-refractivity contribution in [1.29, 1.82) is 0 Å². The van der Waals surface area contributed by atoms with Gasteiger partial charge in [0.05, 0.1) is 6.10 Å². The van der Waals surface area contributed by atoms with Gasteiger partial charge in [-0.15, -0.1) is 0 Å². The molecule has 0 aromatic carbocycles. The van der Waals surface area contributed by atoms with E-state index >= 15 is 0 Å². The van der Waals surface area contributed by atoms with E-state index in [1.54, 1.807) is 0 Å². The van der Waals surface area contributed by atoms with E-state index in [9.17, 15) is 4.39 Å². The molecule has 1 aliphatic rings. The van der Waals surface area contributed by atoms with Crippen LogP contribution < -0.4 is 5.73 Å². The number of likely N-dealkylation sites (tertiary alicyclic amines) is 1. The Bertz CT molecular complexity index is 157. The van der Waals surface area contributed by atoms with Crippen LogP contribution in [0.1, 0.15) is 13.3 Å². The second-order valence-corrected chi connectivity index (χ2v) is 3.95. The highest BCUT2D eigenvalue weighted by Gasteiger charge is 2.28. The maximum Gasteiger partial charge on any atom is 0.117 e. The minimum absolute atomic E-state index is 0.426. The van der Waals surface area contributed by atoms with Crippen LogP contribution in [0.3, 0.4) is 0 Å². The van der Waals surface area contributed by atoms with Crippen molar-refractivity contribution in [3.63, 3.8) is 0 Å². The lowest BCUT2D eigenvalue weighted by Crippen LogP contribution is -2.36. The van der Waals surface area contributed by atoms with E-state index in [1.807, 2.05) is 0 Å². The van der Waals surface area contributed by atoms with Gasteiger partial charge in [-0.2, -0.15) is 0 Å². The van der Waals surface area contributed by atoms with E-state index in [0.29, 0.717) is 25.0 Å². The summed E-state index contributed by atoms with van der Waals surface area (Å²) in [6.45, 7) is 3.46. The lowest BCUT2D eigenvalue weighted by molar-refractivity contribution is 0.0861. The molecule has 0 radical (unpaired) electrons. The van der Waals surface area contributed by atoms with Crippen LogP contribution >= 0.6 is 0 Å². The minimum Gasteiger partial charge on any atom is -0.389 e. The normalized spacial score (nSPS) is 32.3. The summed E-state index contributed by atoms with van der Waals surface area (Å²) >= 11 is 0. The van der Waals surface area contributed by atoms with Gasteiger partial charge in [-0.3, -0.25) is 4.90 Å². The van der Waals surface area contributed by atoms with Crippen molar-refractivity contribution in [3.05, 3.63) is 0 Å². The molecule has 0 saturated carbocycles. The maximum atomic E-state index is 12.0. The van der Waals surface area contributed by atoms with Crippen molar-refractivity contribution < 1.29 is 9.50 Å². The fraction of sp³-hybridized carbons (Fsp3) is 1.00. The first-order valence-electron chi connectivity index (χ1n) is 4.85. The Hall–Kier alpha value is -0.190. The van der Waals surface area contributed by atoms with Crippen LogP contribution in [-0.4, -0.2) is 48.5 Å². The summed E-state index contributed by atoms with van der Waals surface area (Å²) in [6, 6.07) is 0.426. The molecule has 3 unspecified atom stereocenters. The molecule has 1 rings (SSSR count). The second kappa shape index (κ2) is 4.88. The van der Waals surface area contributed by atoms with Crippen molar-refractivity contribution in [3.8, 4) is 0 Å². The highest BCUT2D eigenvalue weighted by atomic mass is 19.1. The standard InChI is InChI=1S/C9H19FN2O/c1-7-2-8(4-11)5-12(7)6-9(13)3-10/h7-9,13H,2-6,11H2,1H3.